The first-order chi connectivity index (χ1) is 17.7. The predicted octanol–water partition coefficient (Wildman–Crippen LogP) is 4.21. The summed E-state index contributed by atoms with van der Waals surface area (Å²) < 4.78 is 5.84. The van der Waals surface area contributed by atoms with Gasteiger partial charge < -0.3 is 4.42 Å². The molecule has 1 aromatic heterocycles. The molecule has 0 saturated heterocycles. The molecule has 0 saturated carbocycles. The molecule has 0 aliphatic heterocycles. The van der Waals surface area contributed by atoms with Crippen LogP contribution in [0.1, 0.15) is 22.8 Å². The van der Waals surface area contributed by atoms with Crippen molar-refractivity contribution in [2.75, 3.05) is 0 Å². The second kappa shape index (κ2) is 10.8. The summed E-state index contributed by atoms with van der Waals surface area (Å²) in [6.07, 6.45) is 0. The van der Waals surface area contributed by atoms with E-state index in [9.17, 15) is 4.79 Å². The zero-order chi connectivity index (χ0) is 24.7. The fourth-order valence-electron chi connectivity index (χ4n) is 3.55. The smallest absolute Gasteiger partial charge is 0.416 e. The highest BCUT2D eigenvalue weighted by molar-refractivity contribution is 6.67. The van der Waals surface area contributed by atoms with E-state index in [1.807, 2.05) is 104 Å². The molecule has 0 atom stereocenters. The van der Waals surface area contributed by atoms with Gasteiger partial charge in [0.2, 0.25) is 11.8 Å². The minimum atomic E-state index is -0.237. The summed E-state index contributed by atoms with van der Waals surface area (Å²) in [4.78, 5) is 12.5. The molecule has 36 heavy (non-hydrogen) atoms. The zero-order valence-electron chi connectivity index (χ0n) is 19.6. The maximum atomic E-state index is 12.5. The molecule has 173 valence electrons. The molecule has 0 aliphatic carbocycles. The fraction of sp³-hybridized carbons (Fsp3) is 0.0345. The number of nitrogens with zero attached hydrogens (tertiary/aromatic N) is 3. The maximum Gasteiger partial charge on any atom is 0.567 e. The SMILES string of the molecule is C/C(=N\NC(=O)c1ccc([Si+]c2ccc(-c3nnc(-c4ccccc4)o3)cc2)cc1)c1ccccc1. The van der Waals surface area contributed by atoms with Crippen molar-refractivity contribution < 1.29 is 9.21 Å². The Balaban J connectivity index is 1.20. The van der Waals surface area contributed by atoms with Crippen molar-refractivity contribution in [2.24, 2.45) is 5.10 Å². The van der Waals surface area contributed by atoms with Crippen LogP contribution >= 0.6 is 0 Å². The summed E-state index contributed by atoms with van der Waals surface area (Å²) >= 11 is 0. The number of hydrogen-bond donors (Lipinski definition) is 1. The average molecular weight is 487 g/mol. The van der Waals surface area contributed by atoms with Crippen LogP contribution in [0, 0.1) is 0 Å². The molecular formula is C29H22N4O2Si+. The lowest BCUT2D eigenvalue weighted by Crippen LogP contribution is -2.27. The van der Waals surface area contributed by atoms with E-state index in [1.165, 1.54) is 5.19 Å². The first kappa shape index (κ1) is 23.1. The molecule has 1 heterocycles. The zero-order valence-corrected chi connectivity index (χ0v) is 20.6. The molecule has 1 radical (unpaired) electrons. The van der Waals surface area contributed by atoms with Gasteiger partial charge in [-0.15, -0.1) is 10.2 Å². The Morgan fingerprint density at radius 1 is 0.694 bits per heavy atom. The summed E-state index contributed by atoms with van der Waals surface area (Å²) in [6, 6.07) is 35.1. The van der Waals surface area contributed by atoms with Gasteiger partial charge in [-0.25, -0.2) is 5.43 Å². The second-order valence-electron chi connectivity index (χ2n) is 8.06. The number of hydrazone groups is 1. The van der Waals surface area contributed by atoms with Crippen molar-refractivity contribution in [3.05, 3.63) is 120 Å². The number of aromatic nitrogens is 2. The number of benzene rings is 4. The first-order valence-corrected chi connectivity index (χ1v) is 12.4. The number of nitrogens with one attached hydrogen (secondary N) is 1. The lowest BCUT2D eigenvalue weighted by atomic mass is 10.1. The minimum Gasteiger partial charge on any atom is -0.416 e. The van der Waals surface area contributed by atoms with Crippen molar-refractivity contribution >= 4 is 31.5 Å². The summed E-state index contributed by atoms with van der Waals surface area (Å²) in [5, 5.41) is 14.9. The van der Waals surface area contributed by atoms with Gasteiger partial charge in [0, 0.05) is 16.7 Å². The molecule has 0 unspecified atom stereocenters. The molecule has 6 nitrogen and oxygen atoms in total. The van der Waals surface area contributed by atoms with Crippen LogP contribution in [0.15, 0.2) is 119 Å². The fourth-order valence-corrected chi connectivity index (χ4v) is 4.55. The Labute approximate surface area is 211 Å². The van der Waals surface area contributed by atoms with E-state index >= 15 is 0 Å². The topological polar surface area (TPSA) is 80.4 Å². The number of hydrogen-bond acceptors (Lipinski definition) is 5. The largest absolute Gasteiger partial charge is 0.567 e. The van der Waals surface area contributed by atoms with Crippen LogP contribution < -0.4 is 15.8 Å². The molecule has 4 aromatic carbocycles. The predicted molar refractivity (Wildman–Crippen MR) is 143 cm³/mol. The third-order valence-electron chi connectivity index (χ3n) is 5.53. The normalized spacial score (nSPS) is 11.2. The van der Waals surface area contributed by atoms with E-state index < -0.39 is 0 Å². The number of carbonyl (C=O) groups excluding carboxylic acids is 1. The van der Waals surface area contributed by atoms with Gasteiger partial charge in [-0.3, -0.25) is 4.79 Å². The van der Waals surface area contributed by atoms with Crippen LogP contribution in [0.3, 0.4) is 0 Å². The number of carbonyl (C=O) groups is 1. The highest BCUT2D eigenvalue weighted by Crippen LogP contribution is 2.22. The van der Waals surface area contributed by atoms with E-state index in [4.69, 9.17) is 4.42 Å². The summed E-state index contributed by atoms with van der Waals surface area (Å²) in [6.45, 7) is 1.87. The Morgan fingerprint density at radius 2 is 1.22 bits per heavy atom. The standard InChI is InChI=1S/C29H22N4O2Si/c1-20(21-8-4-2-5-9-21)30-31-27(34)22-12-16-25(17-13-22)36-26-18-14-24(15-19-26)29-33-32-28(35-29)23-10-6-3-7-11-23/h2-19H,1H3,(H,31,34)/q+1/b30-20+. The van der Waals surface area contributed by atoms with E-state index in [2.05, 4.69) is 32.9 Å². The quantitative estimate of drug-likeness (QED) is 0.212. The molecular weight excluding hydrogens is 464 g/mol. The molecule has 0 spiro atoms. The molecule has 1 amide bonds. The van der Waals surface area contributed by atoms with E-state index in [0.29, 0.717) is 26.9 Å². The van der Waals surface area contributed by atoms with Crippen molar-refractivity contribution in [1.82, 2.24) is 15.6 Å². The van der Waals surface area contributed by atoms with Crippen molar-refractivity contribution in [2.45, 2.75) is 6.92 Å². The molecule has 5 rings (SSSR count). The lowest BCUT2D eigenvalue weighted by Gasteiger charge is -2.03. The van der Waals surface area contributed by atoms with Crippen LogP contribution in [-0.2, 0) is 0 Å². The summed E-state index contributed by atoms with van der Waals surface area (Å²) in [5.41, 5.74) is 6.68. The minimum absolute atomic E-state index is 0.237. The van der Waals surface area contributed by atoms with Crippen LogP contribution in [0.5, 0.6) is 0 Å². The molecule has 0 fully saturated rings. The van der Waals surface area contributed by atoms with Gasteiger partial charge >= 0.3 is 9.52 Å². The Kier molecular flexibility index (Phi) is 6.91. The van der Waals surface area contributed by atoms with Gasteiger partial charge in [0.05, 0.1) is 5.71 Å². The second-order valence-corrected chi connectivity index (χ2v) is 9.47. The Bertz CT molecular complexity index is 1480. The van der Waals surface area contributed by atoms with Gasteiger partial charge in [-0.1, -0.05) is 48.5 Å². The van der Waals surface area contributed by atoms with Crippen LogP contribution in [0.4, 0.5) is 0 Å². The van der Waals surface area contributed by atoms with Gasteiger partial charge in [0.1, 0.15) is 10.4 Å². The van der Waals surface area contributed by atoms with Crippen molar-refractivity contribution in [3.63, 3.8) is 0 Å². The van der Waals surface area contributed by atoms with Crippen LogP contribution in [-0.4, -0.2) is 31.3 Å². The summed E-state index contributed by atoms with van der Waals surface area (Å²) in [5.74, 6) is 0.754. The van der Waals surface area contributed by atoms with E-state index in [1.54, 1.807) is 0 Å². The Hall–Kier alpha value is -4.62. The van der Waals surface area contributed by atoms with Crippen LogP contribution in [0.2, 0.25) is 0 Å². The van der Waals surface area contributed by atoms with Gasteiger partial charge in [-0.05, 0) is 73.2 Å². The van der Waals surface area contributed by atoms with Gasteiger partial charge in [0.15, 0.2) is 0 Å². The number of amides is 1. The Morgan fingerprint density at radius 3 is 1.83 bits per heavy atom. The molecule has 0 bridgehead atoms. The monoisotopic (exact) mass is 486 g/mol. The van der Waals surface area contributed by atoms with Crippen molar-refractivity contribution in [1.29, 1.82) is 0 Å². The van der Waals surface area contributed by atoms with Gasteiger partial charge in [0.25, 0.3) is 5.91 Å². The first-order valence-electron chi connectivity index (χ1n) is 11.4. The highest BCUT2D eigenvalue weighted by Gasteiger charge is 2.20. The molecule has 7 heteroatoms. The van der Waals surface area contributed by atoms with E-state index in [0.717, 1.165) is 27.6 Å². The van der Waals surface area contributed by atoms with E-state index in [-0.39, 0.29) is 5.91 Å². The lowest BCUT2D eigenvalue weighted by molar-refractivity contribution is 0.0955. The highest BCUT2D eigenvalue weighted by atomic mass is 28.2. The third-order valence-corrected chi connectivity index (χ3v) is 6.77. The average Bonchev–Trinajstić information content (AvgIpc) is 3.44. The summed E-state index contributed by atoms with van der Waals surface area (Å²) in [7, 11) is 0.456. The molecule has 5 aromatic rings. The van der Waals surface area contributed by atoms with Gasteiger partial charge in [-0.2, -0.15) is 5.10 Å². The third kappa shape index (κ3) is 5.53. The maximum absolute atomic E-state index is 12.5. The molecule has 0 aliphatic rings. The van der Waals surface area contributed by atoms with Crippen LogP contribution in [0.25, 0.3) is 22.9 Å². The molecule has 1 N–H and O–H groups in total. The van der Waals surface area contributed by atoms with Crippen molar-refractivity contribution in [3.8, 4) is 22.9 Å². The number of rotatable bonds is 7.